The molecule has 4 aromatic rings. The molecule has 12 heteroatoms. The zero-order valence-corrected chi connectivity index (χ0v) is 24.6. The Kier molecular flexibility index (Phi) is 9.92. The Morgan fingerprint density at radius 2 is 1.86 bits per heavy atom. The van der Waals surface area contributed by atoms with Crippen LogP contribution in [0.5, 0.6) is 23.0 Å². The van der Waals surface area contributed by atoms with Crippen LogP contribution in [0.3, 0.4) is 0 Å². The Morgan fingerprint density at radius 3 is 2.64 bits per heavy atom. The molecule has 12 nitrogen and oxygen atoms in total. The summed E-state index contributed by atoms with van der Waals surface area (Å²) in [5.74, 6) is 1.50. The molecule has 230 valence electrons. The van der Waals surface area contributed by atoms with Crippen LogP contribution in [-0.2, 0) is 22.7 Å². The van der Waals surface area contributed by atoms with Gasteiger partial charge in [-0.15, -0.1) is 0 Å². The van der Waals surface area contributed by atoms with Crippen LogP contribution < -0.4 is 24.3 Å². The molecule has 0 saturated carbocycles. The second-order valence-electron chi connectivity index (χ2n) is 10.0. The lowest BCUT2D eigenvalue weighted by molar-refractivity contribution is -0.132. The predicted molar refractivity (Wildman–Crippen MR) is 161 cm³/mol. The maximum atomic E-state index is 13.4. The lowest BCUT2D eigenvalue weighted by Gasteiger charge is -2.24. The average Bonchev–Trinajstić information content (AvgIpc) is 3.52. The van der Waals surface area contributed by atoms with Crippen LogP contribution in [0.25, 0.3) is 10.9 Å². The third kappa shape index (κ3) is 7.27. The lowest BCUT2D eigenvalue weighted by Crippen LogP contribution is -2.32. The molecule has 0 atom stereocenters. The van der Waals surface area contributed by atoms with E-state index in [0.717, 1.165) is 17.5 Å². The molecule has 2 heterocycles. The number of carbonyl (C=O) groups excluding carboxylic acids is 2. The molecule has 0 bridgehead atoms. The number of aliphatic hydroxyl groups excluding tert-OH is 1. The Balaban J connectivity index is 1.47. The molecule has 1 aromatic heterocycles. The maximum Gasteiger partial charge on any atom is 0.410 e. The van der Waals surface area contributed by atoms with Crippen LogP contribution in [-0.4, -0.2) is 59.1 Å². The van der Waals surface area contributed by atoms with E-state index >= 15 is 0 Å². The van der Waals surface area contributed by atoms with Gasteiger partial charge in [0.05, 0.1) is 24.9 Å². The predicted octanol–water partition coefficient (Wildman–Crippen LogP) is 5.34. The normalized spacial score (nSPS) is 11.7. The maximum absolute atomic E-state index is 13.4. The van der Waals surface area contributed by atoms with Crippen molar-refractivity contribution in [1.82, 2.24) is 14.9 Å². The van der Waals surface area contributed by atoms with Gasteiger partial charge in [-0.25, -0.2) is 14.8 Å². The largest absolute Gasteiger partial charge is 0.493 e. The van der Waals surface area contributed by atoms with Crippen molar-refractivity contribution in [2.24, 2.45) is 0 Å². The number of amides is 1. The Morgan fingerprint density at radius 1 is 1.02 bits per heavy atom. The summed E-state index contributed by atoms with van der Waals surface area (Å²) in [6.07, 6.45) is 3.03. The van der Waals surface area contributed by atoms with Crippen molar-refractivity contribution in [2.75, 3.05) is 32.4 Å². The summed E-state index contributed by atoms with van der Waals surface area (Å²) in [5.41, 5.74) is 2.72. The SMILES string of the molecule is COc1cc2ncnc(Nc3c(CN(CCCCCO)C(=O)OCc4ccccc4)ccc4c3OCO4)c2cc1OC(C)=O. The second kappa shape index (κ2) is 14.4. The molecule has 5 rings (SSSR count). The van der Waals surface area contributed by atoms with Gasteiger partial charge in [0.25, 0.3) is 0 Å². The number of rotatable bonds is 13. The fourth-order valence-corrected chi connectivity index (χ4v) is 4.80. The third-order valence-electron chi connectivity index (χ3n) is 6.95. The number of hydrogen-bond donors (Lipinski definition) is 2. The number of unbranched alkanes of at least 4 members (excludes halogenated alkanes) is 2. The van der Waals surface area contributed by atoms with E-state index in [1.54, 1.807) is 23.1 Å². The topological polar surface area (TPSA) is 142 Å². The summed E-state index contributed by atoms with van der Waals surface area (Å²) in [5, 5.41) is 13.2. The van der Waals surface area contributed by atoms with Crippen LogP contribution in [0.4, 0.5) is 16.3 Å². The van der Waals surface area contributed by atoms with E-state index in [4.69, 9.17) is 23.7 Å². The molecule has 0 fully saturated rings. The summed E-state index contributed by atoms with van der Waals surface area (Å²) in [4.78, 5) is 35.6. The molecule has 1 aliphatic rings. The number of benzene rings is 3. The number of esters is 1. The first-order valence-corrected chi connectivity index (χ1v) is 14.2. The Bertz CT molecular complexity index is 1620. The minimum atomic E-state index is -0.499. The standard InChI is InChI=1S/C32H34N4O8/c1-21(38)44-28-15-24-25(16-27(28)40-2)33-19-34-31(24)35-29-23(11-12-26-30(29)43-20-42-26)17-36(13-7-4-8-14-37)32(39)41-18-22-9-5-3-6-10-22/h3,5-6,9-12,15-16,19,37H,4,7-8,13-14,17-18,20H2,1-2H3,(H,33,34,35). The number of aliphatic hydroxyl groups is 1. The molecule has 0 saturated heterocycles. The highest BCUT2D eigenvalue weighted by atomic mass is 16.7. The van der Waals surface area contributed by atoms with Crippen molar-refractivity contribution in [3.05, 3.63) is 72.1 Å². The van der Waals surface area contributed by atoms with Crippen LogP contribution in [0, 0.1) is 0 Å². The molecule has 0 unspecified atom stereocenters. The molecule has 0 radical (unpaired) electrons. The highest BCUT2D eigenvalue weighted by molar-refractivity contribution is 5.94. The van der Waals surface area contributed by atoms with Gasteiger partial charge in [-0.2, -0.15) is 0 Å². The van der Waals surface area contributed by atoms with E-state index in [2.05, 4.69) is 15.3 Å². The number of hydrogen-bond acceptors (Lipinski definition) is 11. The molecule has 44 heavy (non-hydrogen) atoms. The van der Waals surface area contributed by atoms with Crippen molar-refractivity contribution in [2.45, 2.75) is 39.3 Å². The first-order valence-electron chi connectivity index (χ1n) is 14.2. The summed E-state index contributed by atoms with van der Waals surface area (Å²) in [6.45, 7) is 2.19. The van der Waals surface area contributed by atoms with Crippen molar-refractivity contribution >= 4 is 34.5 Å². The highest BCUT2D eigenvalue weighted by Crippen LogP contribution is 2.44. The fourth-order valence-electron chi connectivity index (χ4n) is 4.80. The second-order valence-corrected chi connectivity index (χ2v) is 10.0. The van der Waals surface area contributed by atoms with E-state index in [0.29, 0.717) is 59.0 Å². The van der Waals surface area contributed by atoms with Gasteiger partial charge >= 0.3 is 12.1 Å². The summed E-state index contributed by atoms with van der Waals surface area (Å²) in [7, 11) is 1.48. The summed E-state index contributed by atoms with van der Waals surface area (Å²) < 4.78 is 27.9. The van der Waals surface area contributed by atoms with Crippen molar-refractivity contribution < 1.29 is 38.4 Å². The third-order valence-corrected chi connectivity index (χ3v) is 6.95. The van der Waals surface area contributed by atoms with E-state index in [1.807, 2.05) is 36.4 Å². The minimum absolute atomic E-state index is 0.0375. The van der Waals surface area contributed by atoms with Crippen LogP contribution in [0.15, 0.2) is 60.9 Å². The minimum Gasteiger partial charge on any atom is -0.493 e. The lowest BCUT2D eigenvalue weighted by atomic mass is 10.1. The van der Waals surface area contributed by atoms with Crippen molar-refractivity contribution in [1.29, 1.82) is 0 Å². The first kappa shape index (κ1) is 30.4. The number of nitrogens with zero attached hydrogens (tertiary/aromatic N) is 3. The first-order chi connectivity index (χ1) is 21.5. The zero-order valence-electron chi connectivity index (χ0n) is 24.6. The van der Waals surface area contributed by atoms with Crippen LogP contribution >= 0.6 is 0 Å². The van der Waals surface area contributed by atoms with E-state index in [-0.39, 0.29) is 32.3 Å². The fraction of sp³-hybridized carbons (Fsp3) is 0.312. The zero-order chi connectivity index (χ0) is 30.9. The Hall–Kier alpha value is -5.10. The number of ether oxygens (including phenoxy) is 5. The molecule has 2 N–H and O–H groups in total. The van der Waals surface area contributed by atoms with E-state index in [9.17, 15) is 14.7 Å². The van der Waals surface area contributed by atoms with Gasteiger partial charge < -0.3 is 39.0 Å². The molecule has 1 aliphatic heterocycles. The number of methoxy groups -OCH3 is 1. The summed E-state index contributed by atoms with van der Waals surface area (Å²) in [6, 6.07) is 16.4. The smallest absolute Gasteiger partial charge is 0.410 e. The molecular formula is C32H34N4O8. The van der Waals surface area contributed by atoms with Gasteiger partial charge in [-0.05, 0) is 42.5 Å². The van der Waals surface area contributed by atoms with Gasteiger partial charge in [-0.3, -0.25) is 4.79 Å². The van der Waals surface area contributed by atoms with Crippen molar-refractivity contribution in [3.8, 4) is 23.0 Å². The average molecular weight is 603 g/mol. The number of aromatic nitrogens is 2. The monoisotopic (exact) mass is 602 g/mol. The van der Waals surface area contributed by atoms with Gasteiger partial charge in [-0.1, -0.05) is 36.4 Å². The number of fused-ring (bicyclic) bond motifs is 2. The molecule has 3 aromatic carbocycles. The molecule has 0 spiro atoms. The van der Waals surface area contributed by atoms with Crippen LogP contribution in [0.1, 0.15) is 37.3 Å². The van der Waals surface area contributed by atoms with Gasteiger partial charge in [0.2, 0.25) is 6.79 Å². The van der Waals surface area contributed by atoms with Crippen LogP contribution in [0.2, 0.25) is 0 Å². The molecular weight excluding hydrogens is 568 g/mol. The van der Waals surface area contributed by atoms with Gasteiger partial charge in [0.1, 0.15) is 18.8 Å². The van der Waals surface area contributed by atoms with Gasteiger partial charge in [0.15, 0.2) is 23.0 Å². The number of carbonyl (C=O) groups is 2. The number of nitrogens with one attached hydrogen (secondary N) is 1. The van der Waals surface area contributed by atoms with Crippen molar-refractivity contribution in [3.63, 3.8) is 0 Å². The highest BCUT2D eigenvalue weighted by Gasteiger charge is 2.25. The van der Waals surface area contributed by atoms with Gasteiger partial charge in [0, 0.05) is 31.5 Å². The molecule has 0 aliphatic carbocycles. The van der Waals surface area contributed by atoms with E-state index in [1.165, 1.54) is 20.4 Å². The van der Waals surface area contributed by atoms with E-state index < -0.39 is 12.1 Å². The summed E-state index contributed by atoms with van der Waals surface area (Å²) >= 11 is 0. The quantitative estimate of drug-likeness (QED) is 0.116. The molecule has 1 amide bonds. The number of anilines is 2. The Labute approximate surface area is 254 Å².